The van der Waals surface area contributed by atoms with Gasteiger partial charge in [0.05, 0.1) is 17.0 Å². The van der Waals surface area contributed by atoms with Gasteiger partial charge in [-0.05, 0) is 18.9 Å². The van der Waals surface area contributed by atoms with E-state index in [0.717, 1.165) is 0 Å². The van der Waals surface area contributed by atoms with E-state index in [1.165, 1.54) is 30.2 Å². The molecule has 0 amide bonds. The molecule has 1 aromatic carbocycles. The van der Waals surface area contributed by atoms with Crippen LogP contribution in [-0.4, -0.2) is 38.4 Å². The van der Waals surface area contributed by atoms with Gasteiger partial charge in [0.2, 0.25) is 11.8 Å². The van der Waals surface area contributed by atoms with Gasteiger partial charge in [0.15, 0.2) is 29.1 Å². The highest BCUT2D eigenvalue weighted by molar-refractivity contribution is 5.99. The first-order valence-electron chi connectivity index (χ1n) is 9.85. The molecule has 12 heteroatoms. The number of rotatable bonds is 4. The van der Waals surface area contributed by atoms with Crippen molar-refractivity contribution in [1.29, 1.82) is 0 Å². The largest absolute Gasteiger partial charge is 0.341 e. The van der Waals surface area contributed by atoms with Crippen LogP contribution in [0.3, 0.4) is 0 Å². The zero-order valence-corrected chi connectivity index (χ0v) is 17.2. The Hall–Kier alpha value is -3.70. The SMILES string of the molecule is Cn1c(N2CCCC(C(=O)c3c(F)c(F)c(F)c(F)c3F)C2)nc(-c2ccncn2)cc1=O. The molecular weight excluding hydrogens is 449 g/mol. The molecule has 4 rings (SSSR count). The van der Waals surface area contributed by atoms with Crippen LogP contribution in [0.15, 0.2) is 29.5 Å². The van der Waals surface area contributed by atoms with Crippen LogP contribution in [-0.2, 0) is 7.05 Å². The number of aromatic nitrogens is 4. The summed E-state index contributed by atoms with van der Waals surface area (Å²) in [6.07, 6.45) is 3.28. The highest BCUT2D eigenvalue weighted by Gasteiger charge is 2.35. The summed E-state index contributed by atoms with van der Waals surface area (Å²) in [7, 11) is 1.46. The van der Waals surface area contributed by atoms with Gasteiger partial charge in [0.25, 0.3) is 5.56 Å². The summed E-state index contributed by atoms with van der Waals surface area (Å²) in [6.45, 7) is 0.222. The van der Waals surface area contributed by atoms with Crippen LogP contribution >= 0.6 is 0 Å². The van der Waals surface area contributed by atoms with Crippen molar-refractivity contribution in [1.82, 2.24) is 19.5 Å². The third-order valence-electron chi connectivity index (χ3n) is 5.49. The Bertz CT molecular complexity index is 1270. The van der Waals surface area contributed by atoms with E-state index in [9.17, 15) is 31.5 Å². The fourth-order valence-corrected chi connectivity index (χ4v) is 3.78. The van der Waals surface area contributed by atoms with Crippen molar-refractivity contribution >= 4 is 11.7 Å². The van der Waals surface area contributed by atoms with Gasteiger partial charge in [-0.15, -0.1) is 0 Å². The molecule has 0 bridgehead atoms. The highest BCUT2D eigenvalue weighted by Crippen LogP contribution is 2.29. The third-order valence-corrected chi connectivity index (χ3v) is 5.49. The second kappa shape index (κ2) is 8.68. The summed E-state index contributed by atoms with van der Waals surface area (Å²) in [5.74, 6) is -13.1. The Morgan fingerprint density at radius 3 is 2.33 bits per heavy atom. The summed E-state index contributed by atoms with van der Waals surface area (Å²) >= 11 is 0. The van der Waals surface area contributed by atoms with Crippen LogP contribution in [0.1, 0.15) is 23.2 Å². The van der Waals surface area contributed by atoms with E-state index in [-0.39, 0.29) is 24.6 Å². The lowest BCUT2D eigenvalue weighted by atomic mass is 9.89. The fourth-order valence-electron chi connectivity index (χ4n) is 3.78. The molecular formula is C21H16F5N5O2. The van der Waals surface area contributed by atoms with E-state index in [0.29, 0.717) is 18.7 Å². The molecule has 1 fully saturated rings. The van der Waals surface area contributed by atoms with Gasteiger partial charge in [-0.3, -0.25) is 14.2 Å². The molecule has 3 heterocycles. The molecule has 1 unspecified atom stereocenters. The quantitative estimate of drug-likeness (QED) is 0.255. The normalized spacial score (nSPS) is 16.2. The number of halogens is 5. The summed E-state index contributed by atoms with van der Waals surface area (Å²) in [5.41, 5.74) is -1.24. The standard InChI is InChI=1S/C21H16F5N5O2/c1-30-13(32)7-12(11-4-5-27-9-28-11)29-21(30)31-6-2-3-10(8-31)20(33)14-15(22)17(24)19(26)18(25)16(14)23/h4-5,7,9-10H,2-3,6,8H2,1H3. The molecule has 1 atom stereocenters. The number of hydrogen-bond acceptors (Lipinski definition) is 6. The van der Waals surface area contributed by atoms with Gasteiger partial charge in [-0.1, -0.05) is 0 Å². The Morgan fingerprint density at radius 2 is 1.70 bits per heavy atom. The number of carbonyl (C=O) groups excluding carboxylic acids is 1. The minimum absolute atomic E-state index is 0.133. The predicted octanol–water partition coefficient (Wildman–Crippen LogP) is 3.03. The molecule has 7 nitrogen and oxygen atoms in total. The molecule has 0 saturated carbocycles. The van der Waals surface area contributed by atoms with Gasteiger partial charge in [0.1, 0.15) is 6.33 Å². The molecule has 0 aliphatic carbocycles. The predicted molar refractivity (Wildman–Crippen MR) is 106 cm³/mol. The molecule has 33 heavy (non-hydrogen) atoms. The second-order valence-corrected chi connectivity index (χ2v) is 7.53. The van der Waals surface area contributed by atoms with Crippen LogP contribution in [0.5, 0.6) is 0 Å². The van der Waals surface area contributed by atoms with Crippen molar-refractivity contribution in [3.8, 4) is 11.4 Å². The van der Waals surface area contributed by atoms with Crippen molar-refractivity contribution in [2.75, 3.05) is 18.0 Å². The van der Waals surface area contributed by atoms with Gasteiger partial charge in [-0.25, -0.2) is 36.9 Å². The first-order valence-corrected chi connectivity index (χ1v) is 9.85. The first-order chi connectivity index (χ1) is 15.7. The zero-order valence-electron chi connectivity index (χ0n) is 17.2. The summed E-state index contributed by atoms with van der Waals surface area (Å²) < 4.78 is 70.1. The third kappa shape index (κ3) is 3.96. The molecule has 1 aliphatic heterocycles. The second-order valence-electron chi connectivity index (χ2n) is 7.53. The Labute approximate surface area is 183 Å². The number of piperidine rings is 1. The molecule has 172 valence electrons. The van der Waals surface area contributed by atoms with Crippen molar-refractivity contribution in [2.45, 2.75) is 12.8 Å². The monoisotopic (exact) mass is 465 g/mol. The Morgan fingerprint density at radius 1 is 1.03 bits per heavy atom. The summed E-state index contributed by atoms with van der Waals surface area (Å²) in [5, 5.41) is 0. The maximum absolute atomic E-state index is 14.2. The Kier molecular flexibility index (Phi) is 5.91. The lowest BCUT2D eigenvalue weighted by Crippen LogP contribution is -2.42. The van der Waals surface area contributed by atoms with Crippen molar-refractivity contribution in [2.24, 2.45) is 13.0 Å². The number of Topliss-reactive ketones (excluding diaryl/α,β-unsaturated/α-hetero) is 1. The molecule has 1 saturated heterocycles. The van der Waals surface area contributed by atoms with Crippen LogP contribution in [0.25, 0.3) is 11.4 Å². The minimum atomic E-state index is -2.33. The lowest BCUT2D eigenvalue weighted by Gasteiger charge is -2.33. The summed E-state index contributed by atoms with van der Waals surface area (Å²) in [4.78, 5) is 39.1. The van der Waals surface area contributed by atoms with E-state index in [2.05, 4.69) is 15.0 Å². The molecule has 0 spiro atoms. The van der Waals surface area contributed by atoms with Crippen molar-refractivity contribution in [3.63, 3.8) is 0 Å². The minimum Gasteiger partial charge on any atom is -0.341 e. The zero-order chi connectivity index (χ0) is 23.9. The summed E-state index contributed by atoms with van der Waals surface area (Å²) in [6, 6.07) is 2.82. The van der Waals surface area contributed by atoms with Crippen molar-refractivity contribution < 1.29 is 26.7 Å². The van der Waals surface area contributed by atoms with E-state index in [4.69, 9.17) is 0 Å². The molecule has 1 aliphatic rings. The average molecular weight is 465 g/mol. The molecule has 3 aromatic rings. The van der Waals surface area contributed by atoms with Gasteiger partial charge in [-0.2, -0.15) is 0 Å². The number of benzene rings is 1. The van der Waals surface area contributed by atoms with E-state index >= 15 is 0 Å². The van der Waals surface area contributed by atoms with E-state index in [1.54, 1.807) is 11.0 Å². The highest BCUT2D eigenvalue weighted by atomic mass is 19.2. The van der Waals surface area contributed by atoms with Crippen LogP contribution < -0.4 is 10.5 Å². The Balaban J connectivity index is 1.69. The molecule has 0 N–H and O–H groups in total. The van der Waals surface area contributed by atoms with Gasteiger partial charge >= 0.3 is 0 Å². The van der Waals surface area contributed by atoms with Gasteiger partial charge in [0, 0.05) is 38.3 Å². The average Bonchev–Trinajstić information content (AvgIpc) is 2.83. The number of anilines is 1. The topological polar surface area (TPSA) is 81.0 Å². The van der Waals surface area contributed by atoms with Crippen molar-refractivity contribution in [3.05, 3.63) is 69.7 Å². The molecule has 0 radical (unpaired) electrons. The van der Waals surface area contributed by atoms with Crippen LogP contribution in [0.4, 0.5) is 27.9 Å². The molecule has 2 aromatic heterocycles. The number of nitrogens with zero attached hydrogens (tertiary/aromatic N) is 5. The van der Waals surface area contributed by atoms with E-state index < -0.39 is 51.9 Å². The lowest BCUT2D eigenvalue weighted by molar-refractivity contribution is 0.0894. The smallest absolute Gasteiger partial charge is 0.255 e. The maximum Gasteiger partial charge on any atom is 0.255 e. The number of ketones is 1. The van der Waals surface area contributed by atoms with Crippen LogP contribution in [0.2, 0.25) is 0 Å². The number of hydrogen-bond donors (Lipinski definition) is 0. The maximum atomic E-state index is 14.2. The van der Waals surface area contributed by atoms with Crippen LogP contribution in [0, 0.1) is 35.0 Å². The first kappa shape index (κ1) is 22.5. The fraction of sp³-hybridized carbons (Fsp3) is 0.286. The van der Waals surface area contributed by atoms with E-state index in [1.807, 2.05) is 0 Å². The number of carbonyl (C=O) groups is 1. The van der Waals surface area contributed by atoms with Gasteiger partial charge < -0.3 is 4.90 Å².